The molecule has 0 aliphatic rings. The maximum atomic E-state index is 6.59. The second-order valence-electron chi connectivity index (χ2n) is 16.1. The van der Waals surface area contributed by atoms with Crippen LogP contribution in [0.2, 0.25) is 0 Å². The van der Waals surface area contributed by atoms with E-state index >= 15 is 0 Å². The lowest BCUT2D eigenvalue weighted by atomic mass is 9.94. The van der Waals surface area contributed by atoms with Crippen LogP contribution in [0.3, 0.4) is 0 Å². The Hall–Kier alpha value is -8.34. The lowest BCUT2D eigenvalue weighted by Gasteiger charge is -2.12. The summed E-state index contributed by atoms with van der Waals surface area (Å²) < 4.78 is 9.03. The maximum absolute atomic E-state index is 6.59. The van der Waals surface area contributed by atoms with Crippen LogP contribution in [-0.2, 0) is 0 Å². The predicted octanol–water partition coefficient (Wildman–Crippen LogP) is 15.6. The van der Waals surface area contributed by atoms with Crippen molar-refractivity contribution in [3.05, 3.63) is 212 Å². The first kappa shape index (κ1) is 34.5. The third kappa shape index (κ3) is 5.27. The SMILES string of the molecule is c1ccc(-c2nc(-c3ccccc3)c3ccc(-c4cccc5oc6ccc(-c7ccc8c(c7)c7c9ccccc9c9ccccc9c7n8-c7ccccc7)cc6c45)cc3n2)cc1. The highest BCUT2D eigenvalue weighted by Crippen LogP contribution is 2.45. The highest BCUT2D eigenvalue weighted by atomic mass is 16.3. The van der Waals surface area contributed by atoms with Gasteiger partial charge in [-0.15, -0.1) is 0 Å². The zero-order valence-corrected chi connectivity index (χ0v) is 33.5. The Balaban J connectivity index is 1.02. The highest BCUT2D eigenvalue weighted by molar-refractivity contribution is 6.32. The lowest BCUT2D eigenvalue weighted by molar-refractivity contribution is 0.669. The fourth-order valence-corrected chi connectivity index (χ4v) is 9.78. The fraction of sp³-hybridized carbons (Fsp3) is 0. The van der Waals surface area contributed by atoms with Crippen molar-refractivity contribution in [3.63, 3.8) is 0 Å². The van der Waals surface area contributed by atoms with Crippen molar-refractivity contribution in [2.75, 3.05) is 0 Å². The molecule has 4 nitrogen and oxygen atoms in total. The molecule has 0 amide bonds. The predicted molar refractivity (Wildman–Crippen MR) is 258 cm³/mol. The van der Waals surface area contributed by atoms with Crippen LogP contribution in [0.1, 0.15) is 0 Å². The molecule has 13 rings (SSSR count). The second-order valence-corrected chi connectivity index (χ2v) is 16.1. The molecular formula is C58H35N3O. The molecule has 0 fully saturated rings. The van der Waals surface area contributed by atoms with Gasteiger partial charge in [0.1, 0.15) is 11.2 Å². The molecule has 0 atom stereocenters. The van der Waals surface area contributed by atoms with Gasteiger partial charge in [0.25, 0.3) is 0 Å². The molecule has 0 bridgehead atoms. The quantitative estimate of drug-likeness (QED) is 0.163. The Kier molecular flexibility index (Phi) is 7.57. The van der Waals surface area contributed by atoms with E-state index in [1.54, 1.807) is 0 Å². The largest absolute Gasteiger partial charge is 0.456 e. The van der Waals surface area contributed by atoms with Crippen molar-refractivity contribution in [1.82, 2.24) is 14.5 Å². The van der Waals surface area contributed by atoms with Crippen molar-refractivity contribution in [2.24, 2.45) is 0 Å². The van der Waals surface area contributed by atoms with Crippen LogP contribution in [0.4, 0.5) is 0 Å². The molecule has 0 unspecified atom stereocenters. The topological polar surface area (TPSA) is 43.9 Å². The maximum Gasteiger partial charge on any atom is 0.160 e. The molecule has 10 aromatic carbocycles. The number of hydrogen-bond donors (Lipinski definition) is 0. The van der Waals surface area contributed by atoms with E-state index in [1.165, 1.54) is 43.4 Å². The first-order valence-electron chi connectivity index (χ1n) is 21.1. The summed E-state index contributed by atoms with van der Waals surface area (Å²) in [5, 5.41) is 10.7. The number of nitrogens with zero attached hydrogens (tertiary/aromatic N) is 3. The van der Waals surface area contributed by atoms with Gasteiger partial charge in [-0.1, -0.05) is 158 Å². The van der Waals surface area contributed by atoms with Crippen LogP contribution >= 0.6 is 0 Å². The lowest BCUT2D eigenvalue weighted by Crippen LogP contribution is -1.95. The minimum Gasteiger partial charge on any atom is -0.456 e. The smallest absolute Gasteiger partial charge is 0.160 e. The van der Waals surface area contributed by atoms with Gasteiger partial charge in [-0.2, -0.15) is 0 Å². The van der Waals surface area contributed by atoms with E-state index in [2.05, 4.69) is 193 Å². The molecule has 0 aliphatic carbocycles. The number of para-hydroxylation sites is 1. The Morgan fingerprint density at radius 3 is 1.76 bits per heavy atom. The van der Waals surface area contributed by atoms with Crippen LogP contribution in [0.5, 0.6) is 0 Å². The summed E-state index contributed by atoms with van der Waals surface area (Å²) in [4.78, 5) is 10.3. The molecule has 62 heavy (non-hydrogen) atoms. The Morgan fingerprint density at radius 2 is 0.984 bits per heavy atom. The Morgan fingerprint density at radius 1 is 0.355 bits per heavy atom. The number of hydrogen-bond acceptors (Lipinski definition) is 3. The second kappa shape index (κ2) is 13.6. The average molecular weight is 790 g/mol. The van der Waals surface area contributed by atoms with E-state index in [-0.39, 0.29) is 0 Å². The minimum absolute atomic E-state index is 0.704. The highest BCUT2D eigenvalue weighted by Gasteiger charge is 2.21. The van der Waals surface area contributed by atoms with Gasteiger partial charge >= 0.3 is 0 Å². The molecule has 288 valence electrons. The van der Waals surface area contributed by atoms with Gasteiger partial charge in [0, 0.05) is 49.1 Å². The van der Waals surface area contributed by atoms with Crippen molar-refractivity contribution >= 4 is 76.2 Å². The van der Waals surface area contributed by atoms with Crippen LogP contribution in [-0.4, -0.2) is 14.5 Å². The molecule has 0 N–H and O–H groups in total. The van der Waals surface area contributed by atoms with E-state index in [1.807, 2.05) is 24.3 Å². The standard InChI is InChI=1S/C58H35N3O/c1-4-15-36(16-5-1)56-47-30-27-40(35-50(47)59-58(60-56)37-17-6-2-7-18-37)42-25-14-26-53-54(42)49-34-39(29-32-52(49)62-53)38-28-31-51-48(33-38)55-45-23-12-10-21-43(45)44-22-11-13-24-46(44)57(55)61(51)41-19-8-3-9-20-41/h1-35H. The van der Waals surface area contributed by atoms with Crippen LogP contribution < -0.4 is 0 Å². The number of aromatic nitrogens is 3. The van der Waals surface area contributed by atoms with Crippen molar-refractivity contribution in [2.45, 2.75) is 0 Å². The monoisotopic (exact) mass is 789 g/mol. The van der Waals surface area contributed by atoms with Crippen molar-refractivity contribution in [3.8, 4) is 50.6 Å². The average Bonchev–Trinajstić information content (AvgIpc) is 3.90. The fourth-order valence-electron chi connectivity index (χ4n) is 9.78. The summed E-state index contributed by atoms with van der Waals surface area (Å²) in [6.07, 6.45) is 0. The van der Waals surface area contributed by atoms with E-state index in [9.17, 15) is 0 Å². The summed E-state index contributed by atoms with van der Waals surface area (Å²) >= 11 is 0. The van der Waals surface area contributed by atoms with Gasteiger partial charge < -0.3 is 8.98 Å². The van der Waals surface area contributed by atoms with E-state index < -0.39 is 0 Å². The summed E-state index contributed by atoms with van der Waals surface area (Å²) in [6, 6.07) is 75.5. The van der Waals surface area contributed by atoms with Crippen molar-refractivity contribution < 1.29 is 4.42 Å². The van der Waals surface area contributed by atoms with E-state index in [0.717, 1.165) is 77.6 Å². The third-order valence-corrected chi connectivity index (χ3v) is 12.6. The molecule has 13 aromatic rings. The number of rotatable bonds is 5. The third-order valence-electron chi connectivity index (χ3n) is 12.6. The minimum atomic E-state index is 0.704. The van der Waals surface area contributed by atoms with Gasteiger partial charge in [0.15, 0.2) is 5.82 Å². The first-order chi connectivity index (χ1) is 30.7. The van der Waals surface area contributed by atoms with Gasteiger partial charge in [0.05, 0.1) is 22.2 Å². The van der Waals surface area contributed by atoms with E-state index in [4.69, 9.17) is 14.4 Å². The Labute approximate surface area is 356 Å². The zero-order valence-electron chi connectivity index (χ0n) is 33.5. The number of furan rings is 1. The molecule has 0 spiro atoms. The molecule has 0 saturated carbocycles. The molecule has 0 aliphatic heterocycles. The van der Waals surface area contributed by atoms with Gasteiger partial charge in [-0.05, 0) is 93.0 Å². The molecule has 0 saturated heterocycles. The van der Waals surface area contributed by atoms with E-state index in [0.29, 0.717) is 5.82 Å². The molecule has 3 heterocycles. The molecular weight excluding hydrogens is 755 g/mol. The molecule has 0 radical (unpaired) electrons. The van der Waals surface area contributed by atoms with Crippen LogP contribution in [0.25, 0.3) is 127 Å². The van der Waals surface area contributed by atoms with Gasteiger partial charge in [-0.25, -0.2) is 9.97 Å². The summed E-state index contributed by atoms with van der Waals surface area (Å²) in [6.45, 7) is 0. The first-order valence-corrected chi connectivity index (χ1v) is 21.1. The van der Waals surface area contributed by atoms with Gasteiger partial charge in [-0.3, -0.25) is 0 Å². The molecule has 3 aromatic heterocycles. The van der Waals surface area contributed by atoms with Crippen LogP contribution in [0, 0.1) is 0 Å². The Bertz CT molecular complexity index is 3900. The summed E-state index contributed by atoms with van der Waals surface area (Å²) in [7, 11) is 0. The number of benzene rings is 10. The summed E-state index contributed by atoms with van der Waals surface area (Å²) in [5.41, 5.74) is 13.6. The zero-order chi connectivity index (χ0) is 40.7. The van der Waals surface area contributed by atoms with Crippen LogP contribution in [0.15, 0.2) is 217 Å². The normalized spacial score (nSPS) is 11.9. The summed E-state index contributed by atoms with van der Waals surface area (Å²) in [5.74, 6) is 0.704. The molecule has 4 heteroatoms. The van der Waals surface area contributed by atoms with Crippen molar-refractivity contribution in [1.29, 1.82) is 0 Å². The number of fused-ring (bicyclic) bond motifs is 12. The van der Waals surface area contributed by atoms with Gasteiger partial charge in [0.2, 0.25) is 0 Å².